The van der Waals surface area contributed by atoms with Crippen molar-refractivity contribution in [3.63, 3.8) is 0 Å². The zero-order valence-electron chi connectivity index (χ0n) is 7.43. The van der Waals surface area contributed by atoms with Crippen LogP contribution in [-0.4, -0.2) is 31.7 Å². The number of rotatable bonds is 4. The molecule has 0 atom stereocenters. The lowest BCUT2D eigenvalue weighted by molar-refractivity contribution is -0.878. The SMILES string of the molecule is C=CC[N+](C)(C)CC=C.[H+]. The molecule has 0 fully saturated rings. The van der Waals surface area contributed by atoms with Gasteiger partial charge >= 0.3 is 1.43 Å². The van der Waals surface area contributed by atoms with E-state index in [4.69, 9.17) is 0 Å². The first-order chi connectivity index (χ1) is 4.12. The van der Waals surface area contributed by atoms with Gasteiger partial charge in [-0.25, -0.2) is 0 Å². The molecule has 0 aliphatic carbocycles. The highest BCUT2D eigenvalue weighted by Crippen LogP contribution is 1.95. The first-order valence-electron chi connectivity index (χ1n) is 3.16. The third-order valence-corrected chi connectivity index (χ3v) is 1.25. The molecule has 0 aromatic carbocycles. The molecular formula is C8H17N+2. The average molecular weight is 127 g/mol. The maximum atomic E-state index is 3.68. The molecule has 0 spiro atoms. The molecule has 1 heteroatoms. The molecule has 0 saturated heterocycles. The molecule has 0 bridgehead atoms. The zero-order chi connectivity index (χ0) is 7.33. The second-order valence-electron chi connectivity index (χ2n) is 2.88. The van der Waals surface area contributed by atoms with Gasteiger partial charge in [0.1, 0.15) is 0 Å². The van der Waals surface area contributed by atoms with Gasteiger partial charge in [-0.05, 0) is 12.2 Å². The van der Waals surface area contributed by atoms with Crippen LogP contribution in [0.25, 0.3) is 0 Å². The van der Waals surface area contributed by atoms with Gasteiger partial charge in [0, 0.05) is 0 Å². The van der Waals surface area contributed by atoms with Crippen molar-refractivity contribution >= 4 is 0 Å². The Hall–Kier alpha value is -0.560. The van der Waals surface area contributed by atoms with Crippen LogP contribution in [0.3, 0.4) is 0 Å². The molecule has 0 saturated carbocycles. The quantitative estimate of drug-likeness (QED) is 0.397. The Kier molecular flexibility index (Phi) is 3.25. The van der Waals surface area contributed by atoms with Crippen molar-refractivity contribution in [1.82, 2.24) is 0 Å². The number of hydrogen-bond donors (Lipinski definition) is 0. The molecular weight excluding hydrogens is 110 g/mol. The zero-order valence-corrected chi connectivity index (χ0v) is 6.43. The first kappa shape index (κ1) is 8.44. The Labute approximate surface area is 59.4 Å². The summed E-state index contributed by atoms with van der Waals surface area (Å²) >= 11 is 0. The van der Waals surface area contributed by atoms with E-state index in [1.807, 2.05) is 12.2 Å². The van der Waals surface area contributed by atoms with Crippen LogP contribution in [0.15, 0.2) is 25.3 Å². The predicted molar refractivity (Wildman–Crippen MR) is 43.3 cm³/mol. The Morgan fingerprint density at radius 3 is 1.78 bits per heavy atom. The van der Waals surface area contributed by atoms with Gasteiger partial charge in [-0.3, -0.25) is 0 Å². The standard InChI is InChI=1S/C8H16N/c1-5-7-9(3,4)8-6-2/h5-6H,1-2,7-8H2,3-4H3/q+1/p+1. The topological polar surface area (TPSA) is 0 Å². The van der Waals surface area contributed by atoms with E-state index in [9.17, 15) is 0 Å². The minimum absolute atomic E-state index is 0. The van der Waals surface area contributed by atoms with Crippen molar-refractivity contribution in [1.29, 1.82) is 0 Å². The number of likely N-dealkylation sites (N-methyl/N-ethyl adjacent to an activating group) is 1. The molecule has 52 valence electrons. The van der Waals surface area contributed by atoms with E-state index in [-0.39, 0.29) is 1.43 Å². The molecule has 0 aromatic heterocycles. The summed E-state index contributed by atoms with van der Waals surface area (Å²) in [5.74, 6) is 0. The van der Waals surface area contributed by atoms with Gasteiger partial charge in [-0.2, -0.15) is 0 Å². The van der Waals surface area contributed by atoms with E-state index in [1.165, 1.54) is 0 Å². The van der Waals surface area contributed by atoms with Gasteiger partial charge in [0.05, 0.1) is 27.2 Å². The highest BCUT2D eigenvalue weighted by Gasteiger charge is 2.07. The van der Waals surface area contributed by atoms with Crippen molar-refractivity contribution in [2.75, 3.05) is 27.2 Å². The molecule has 0 aromatic rings. The van der Waals surface area contributed by atoms with E-state index in [2.05, 4.69) is 27.3 Å². The summed E-state index contributed by atoms with van der Waals surface area (Å²) in [4.78, 5) is 0. The van der Waals surface area contributed by atoms with Crippen molar-refractivity contribution in [2.24, 2.45) is 0 Å². The molecule has 0 aliphatic heterocycles. The van der Waals surface area contributed by atoms with Gasteiger partial charge in [0.2, 0.25) is 0 Å². The molecule has 1 nitrogen and oxygen atoms in total. The Bertz CT molecular complexity index is 95.8. The van der Waals surface area contributed by atoms with Crippen LogP contribution in [0, 0.1) is 0 Å². The maximum absolute atomic E-state index is 3.68. The molecule has 0 radical (unpaired) electrons. The van der Waals surface area contributed by atoms with Crippen LogP contribution >= 0.6 is 0 Å². The van der Waals surface area contributed by atoms with Crippen LogP contribution in [0.5, 0.6) is 0 Å². The first-order valence-corrected chi connectivity index (χ1v) is 3.16. The molecule has 0 heterocycles. The summed E-state index contributed by atoms with van der Waals surface area (Å²) in [5, 5.41) is 0. The summed E-state index contributed by atoms with van der Waals surface area (Å²) in [6, 6.07) is 0. The molecule has 0 amide bonds. The number of nitrogens with zero attached hydrogens (tertiary/aromatic N) is 1. The maximum Gasteiger partial charge on any atom is 1.00 e. The van der Waals surface area contributed by atoms with Crippen LogP contribution in [-0.2, 0) is 0 Å². The fraction of sp³-hybridized carbons (Fsp3) is 0.500. The smallest absolute Gasteiger partial charge is 0.322 e. The van der Waals surface area contributed by atoms with E-state index in [0.29, 0.717) is 0 Å². The summed E-state index contributed by atoms with van der Waals surface area (Å²) < 4.78 is 0.951. The van der Waals surface area contributed by atoms with Crippen molar-refractivity contribution in [3.05, 3.63) is 25.3 Å². The normalized spacial score (nSPS) is 10.9. The monoisotopic (exact) mass is 127 g/mol. The molecule has 0 rings (SSSR count). The Morgan fingerprint density at radius 1 is 1.22 bits per heavy atom. The second kappa shape index (κ2) is 3.46. The van der Waals surface area contributed by atoms with Crippen LogP contribution in [0.4, 0.5) is 0 Å². The van der Waals surface area contributed by atoms with E-state index in [0.717, 1.165) is 17.6 Å². The summed E-state index contributed by atoms with van der Waals surface area (Å²) in [5.41, 5.74) is 0. The van der Waals surface area contributed by atoms with Gasteiger partial charge in [-0.15, -0.1) is 0 Å². The fourth-order valence-corrected chi connectivity index (χ4v) is 0.774. The molecule has 0 aliphatic rings. The van der Waals surface area contributed by atoms with E-state index >= 15 is 0 Å². The predicted octanol–water partition coefficient (Wildman–Crippen LogP) is 1.55. The second-order valence-corrected chi connectivity index (χ2v) is 2.88. The summed E-state index contributed by atoms with van der Waals surface area (Å²) in [7, 11) is 4.31. The van der Waals surface area contributed by atoms with Gasteiger partial charge < -0.3 is 4.48 Å². The Morgan fingerprint density at radius 2 is 1.56 bits per heavy atom. The lowest BCUT2D eigenvalue weighted by atomic mass is 10.4. The highest BCUT2D eigenvalue weighted by atomic mass is 15.3. The highest BCUT2D eigenvalue weighted by molar-refractivity contribution is 4.69. The number of hydrogen-bond acceptors (Lipinski definition) is 0. The van der Waals surface area contributed by atoms with Crippen molar-refractivity contribution < 1.29 is 5.91 Å². The lowest BCUT2D eigenvalue weighted by Crippen LogP contribution is -2.39. The van der Waals surface area contributed by atoms with E-state index < -0.39 is 0 Å². The van der Waals surface area contributed by atoms with Crippen LogP contribution in [0.2, 0.25) is 0 Å². The van der Waals surface area contributed by atoms with Crippen molar-refractivity contribution in [2.45, 2.75) is 0 Å². The molecule has 0 unspecified atom stereocenters. The third kappa shape index (κ3) is 3.98. The van der Waals surface area contributed by atoms with Crippen LogP contribution < -0.4 is 0 Å². The third-order valence-electron chi connectivity index (χ3n) is 1.25. The van der Waals surface area contributed by atoms with Crippen LogP contribution in [0.1, 0.15) is 1.43 Å². The minimum Gasteiger partial charge on any atom is -0.322 e. The molecule has 9 heavy (non-hydrogen) atoms. The van der Waals surface area contributed by atoms with Gasteiger partial charge in [-0.1, -0.05) is 13.2 Å². The average Bonchev–Trinajstić information content (AvgIpc) is 1.64. The summed E-state index contributed by atoms with van der Waals surface area (Å²) in [6.45, 7) is 9.37. The fourth-order valence-electron chi connectivity index (χ4n) is 0.774. The largest absolute Gasteiger partial charge is 1.00 e. The summed E-state index contributed by atoms with van der Waals surface area (Å²) in [6.07, 6.45) is 3.87. The van der Waals surface area contributed by atoms with E-state index in [1.54, 1.807) is 0 Å². The Balaban J connectivity index is 0. The number of quaternary nitrogens is 1. The van der Waals surface area contributed by atoms with Gasteiger partial charge in [0.15, 0.2) is 0 Å². The minimum atomic E-state index is 0. The van der Waals surface area contributed by atoms with Gasteiger partial charge in [0.25, 0.3) is 0 Å². The molecule has 0 N–H and O–H groups in total. The lowest BCUT2D eigenvalue weighted by Gasteiger charge is -2.26. The van der Waals surface area contributed by atoms with Crippen molar-refractivity contribution in [3.8, 4) is 0 Å².